The number of nitrogens with two attached hydrogens (primary N) is 1. The first-order valence-electron chi connectivity index (χ1n) is 8.27. The molecule has 0 aliphatic rings. The second-order valence-electron chi connectivity index (χ2n) is 5.51. The zero-order valence-corrected chi connectivity index (χ0v) is 15.1. The van der Waals surface area contributed by atoms with Gasteiger partial charge in [-0.25, -0.2) is 4.98 Å². The van der Waals surface area contributed by atoms with Crippen molar-refractivity contribution >= 4 is 23.2 Å². The van der Waals surface area contributed by atoms with Crippen molar-refractivity contribution in [1.29, 1.82) is 0 Å². The van der Waals surface area contributed by atoms with Crippen LogP contribution in [0.15, 0.2) is 35.7 Å². The van der Waals surface area contributed by atoms with E-state index < -0.39 is 5.92 Å². The van der Waals surface area contributed by atoms with Crippen LogP contribution in [-0.4, -0.2) is 36.6 Å². The number of aromatic nitrogens is 1. The second-order valence-corrected chi connectivity index (χ2v) is 6.46. The SMILES string of the molecule is CCOC(=O)C(CNC(=O)c1csc(CCN)n1)Cc1ccccc1. The Hall–Kier alpha value is -2.25. The molecule has 2 aromatic rings. The number of benzene rings is 1. The Kier molecular flexibility index (Phi) is 7.56. The van der Waals surface area contributed by atoms with E-state index in [9.17, 15) is 9.59 Å². The molecular formula is C18H23N3O3S. The quantitative estimate of drug-likeness (QED) is 0.664. The van der Waals surface area contributed by atoms with Crippen LogP contribution in [0.4, 0.5) is 0 Å². The minimum absolute atomic E-state index is 0.205. The van der Waals surface area contributed by atoms with Gasteiger partial charge in [0.05, 0.1) is 17.5 Å². The van der Waals surface area contributed by atoms with E-state index in [1.54, 1.807) is 12.3 Å². The van der Waals surface area contributed by atoms with Gasteiger partial charge in [-0.3, -0.25) is 9.59 Å². The Morgan fingerprint density at radius 1 is 1.32 bits per heavy atom. The zero-order chi connectivity index (χ0) is 18.1. The molecule has 0 aliphatic carbocycles. The Labute approximate surface area is 151 Å². The molecular weight excluding hydrogens is 338 g/mol. The highest BCUT2D eigenvalue weighted by atomic mass is 32.1. The van der Waals surface area contributed by atoms with Crippen LogP contribution >= 0.6 is 11.3 Å². The fourth-order valence-corrected chi connectivity index (χ4v) is 3.15. The van der Waals surface area contributed by atoms with Crippen molar-refractivity contribution in [2.75, 3.05) is 19.7 Å². The van der Waals surface area contributed by atoms with Crippen LogP contribution in [0.2, 0.25) is 0 Å². The van der Waals surface area contributed by atoms with Gasteiger partial charge in [0.25, 0.3) is 5.91 Å². The standard InChI is InChI=1S/C18H23N3O3S/c1-2-24-18(23)14(10-13-6-4-3-5-7-13)11-20-17(22)15-12-25-16(21-15)8-9-19/h3-7,12,14H,2,8-11,19H2,1H3,(H,20,22). The largest absolute Gasteiger partial charge is 0.466 e. The highest BCUT2D eigenvalue weighted by Gasteiger charge is 2.22. The third-order valence-electron chi connectivity index (χ3n) is 3.60. The molecule has 0 aliphatic heterocycles. The molecule has 134 valence electrons. The van der Waals surface area contributed by atoms with Gasteiger partial charge in [0.1, 0.15) is 5.69 Å². The van der Waals surface area contributed by atoms with E-state index in [4.69, 9.17) is 10.5 Å². The van der Waals surface area contributed by atoms with Crippen LogP contribution in [-0.2, 0) is 22.4 Å². The summed E-state index contributed by atoms with van der Waals surface area (Å²) < 4.78 is 5.13. The summed E-state index contributed by atoms with van der Waals surface area (Å²) >= 11 is 1.41. The number of carbonyl (C=O) groups excluding carboxylic acids is 2. The minimum atomic E-state index is -0.437. The second kappa shape index (κ2) is 9.90. The highest BCUT2D eigenvalue weighted by molar-refractivity contribution is 7.09. The summed E-state index contributed by atoms with van der Waals surface area (Å²) in [5.41, 5.74) is 6.87. The maximum atomic E-state index is 12.2. The molecule has 1 aromatic heterocycles. The van der Waals surface area contributed by atoms with E-state index in [0.717, 1.165) is 10.6 Å². The first-order valence-corrected chi connectivity index (χ1v) is 9.15. The predicted molar refractivity (Wildman–Crippen MR) is 97.5 cm³/mol. The van der Waals surface area contributed by atoms with Crippen molar-refractivity contribution in [3.8, 4) is 0 Å². The topological polar surface area (TPSA) is 94.3 Å². The van der Waals surface area contributed by atoms with Crippen LogP contribution in [0.25, 0.3) is 0 Å². The van der Waals surface area contributed by atoms with Gasteiger partial charge in [-0.1, -0.05) is 30.3 Å². The number of carbonyl (C=O) groups is 2. The molecule has 6 nitrogen and oxygen atoms in total. The lowest BCUT2D eigenvalue weighted by atomic mass is 9.99. The van der Waals surface area contributed by atoms with Gasteiger partial charge < -0.3 is 15.8 Å². The number of hydrogen-bond donors (Lipinski definition) is 2. The summed E-state index contributed by atoms with van der Waals surface area (Å²) in [5.74, 6) is -1.04. The van der Waals surface area contributed by atoms with Gasteiger partial charge in [0.15, 0.2) is 0 Å². The third kappa shape index (κ3) is 5.95. The molecule has 7 heteroatoms. The summed E-state index contributed by atoms with van der Waals surface area (Å²) in [5, 5.41) is 5.32. The van der Waals surface area contributed by atoms with E-state index in [1.807, 2.05) is 30.3 Å². The Morgan fingerprint density at radius 3 is 2.76 bits per heavy atom. The average molecular weight is 361 g/mol. The van der Waals surface area contributed by atoms with Crippen LogP contribution < -0.4 is 11.1 Å². The number of thiazole rings is 1. The molecule has 0 fully saturated rings. The number of hydrogen-bond acceptors (Lipinski definition) is 6. The first kappa shape index (κ1) is 19.1. The van der Waals surface area contributed by atoms with E-state index >= 15 is 0 Å². The summed E-state index contributed by atoms with van der Waals surface area (Å²) in [6.07, 6.45) is 1.16. The Balaban J connectivity index is 1.97. The summed E-state index contributed by atoms with van der Waals surface area (Å²) in [6.45, 7) is 2.78. The average Bonchev–Trinajstić information content (AvgIpc) is 3.08. The molecule has 25 heavy (non-hydrogen) atoms. The van der Waals surface area contributed by atoms with Crippen molar-refractivity contribution in [1.82, 2.24) is 10.3 Å². The fourth-order valence-electron chi connectivity index (χ4n) is 2.36. The normalized spacial score (nSPS) is 11.8. The molecule has 0 saturated heterocycles. The van der Waals surface area contributed by atoms with Crippen molar-refractivity contribution in [2.45, 2.75) is 19.8 Å². The number of nitrogens with zero attached hydrogens (tertiary/aromatic N) is 1. The molecule has 1 aromatic carbocycles. The van der Waals surface area contributed by atoms with Crippen LogP contribution in [0.1, 0.15) is 28.0 Å². The predicted octanol–water partition coefficient (Wildman–Crippen LogP) is 1.80. The van der Waals surface area contributed by atoms with Gasteiger partial charge in [0, 0.05) is 18.3 Å². The van der Waals surface area contributed by atoms with Crippen LogP contribution in [0, 0.1) is 5.92 Å². The molecule has 1 amide bonds. The van der Waals surface area contributed by atoms with Crippen LogP contribution in [0.3, 0.4) is 0 Å². The number of rotatable bonds is 9. The fraction of sp³-hybridized carbons (Fsp3) is 0.389. The van der Waals surface area contributed by atoms with Gasteiger partial charge in [0.2, 0.25) is 0 Å². The van der Waals surface area contributed by atoms with Gasteiger partial charge in [-0.05, 0) is 25.5 Å². The lowest BCUT2D eigenvalue weighted by Crippen LogP contribution is -2.35. The Bertz CT molecular complexity index is 688. The zero-order valence-electron chi connectivity index (χ0n) is 14.2. The number of esters is 1. The summed E-state index contributed by atoms with van der Waals surface area (Å²) in [7, 11) is 0. The summed E-state index contributed by atoms with van der Waals surface area (Å²) in [4.78, 5) is 28.7. The molecule has 0 spiro atoms. The highest BCUT2D eigenvalue weighted by Crippen LogP contribution is 2.12. The summed E-state index contributed by atoms with van der Waals surface area (Å²) in [6, 6.07) is 9.67. The lowest BCUT2D eigenvalue weighted by Gasteiger charge is -2.16. The smallest absolute Gasteiger partial charge is 0.311 e. The molecule has 1 unspecified atom stereocenters. The number of amides is 1. The maximum absolute atomic E-state index is 12.2. The molecule has 1 atom stereocenters. The van der Waals surface area contributed by atoms with Crippen molar-refractivity contribution < 1.29 is 14.3 Å². The monoisotopic (exact) mass is 361 g/mol. The van der Waals surface area contributed by atoms with Gasteiger partial charge in [-0.15, -0.1) is 11.3 Å². The molecule has 0 radical (unpaired) electrons. The van der Waals surface area contributed by atoms with E-state index in [1.165, 1.54) is 11.3 Å². The molecule has 0 bridgehead atoms. The van der Waals surface area contributed by atoms with Crippen molar-refractivity contribution in [3.63, 3.8) is 0 Å². The maximum Gasteiger partial charge on any atom is 0.311 e. The van der Waals surface area contributed by atoms with E-state index in [0.29, 0.717) is 31.7 Å². The third-order valence-corrected chi connectivity index (χ3v) is 4.51. The molecule has 0 saturated carbocycles. The van der Waals surface area contributed by atoms with Gasteiger partial charge in [-0.2, -0.15) is 0 Å². The molecule has 3 N–H and O–H groups in total. The van der Waals surface area contributed by atoms with Gasteiger partial charge >= 0.3 is 5.97 Å². The first-order chi connectivity index (χ1) is 12.1. The van der Waals surface area contributed by atoms with Crippen LogP contribution in [0.5, 0.6) is 0 Å². The van der Waals surface area contributed by atoms with Crippen molar-refractivity contribution in [2.24, 2.45) is 11.7 Å². The van der Waals surface area contributed by atoms with E-state index in [-0.39, 0.29) is 18.4 Å². The minimum Gasteiger partial charge on any atom is -0.466 e. The molecule has 2 rings (SSSR count). The lowest BCUT2D eigenvalue weighted by molar-refractivity contribution is -0.147. The Morgan fingerprint density at radius 2 is 2.08 bits per heavy atom. The van der Waals surface area contributed by atoms with Crippen molar-refractivity contribution in [3.05, 3.63) is 52.0 Å². The molecule has 1 heterocycles. The number of ether oxygens (including phenoxy) is 1. The van der Waals surface area contributed by atoms with E-state index in [2.05, 4.69) is 10.3 Å². The number of nitrogens with one attached hydrogen (secondary N) is 1.